The lowest BCUT2D eigenvalue weighted by atomic mass is 10.1. The van der Waals surface area contributed by atoms with Crippen molar-refractivity contribution in [3.8, 4) is 5.75 Å². The zero-order chi connectivity index (χ0) is 11.5. The fourth-order valence-corrected chi connectivity index (χ4v) is 1.99. The van der Waals surface area contributed by atoms with Crippen LogP contribution in [0.1, 0.15) is 31.7 Å². The van der Waals surface area contributed by atoms with Crippen LogP contribution in [0.2, 0.25) is 0 Å². The molecule has 0 spiro atoms. The smallest absolute Gasteiger partial charge is 0.228 e. The zero-order valence-electron chi connectivity index (χ0n) is 9.44. The summed E-state index contributed by atoms with van der Waals surface area (Å²) in [5.41, 5.74) is 1.01. The van der Waals surface area contributed by atoms with Gasteiger partial charge in [0.05, 0.1) is 0 Å². The Kier molecular flexibility index (Phi) is 3.08. The van der Waals surface area contributed by atoms with Crippen molar-refractivity contribution in [2.45, 2.75) is 32.6 Å². The zero-order valence-corrected chi connectivity index (χ0v) is 9.44. The molecular weight excluding hydrogens is 204 g/mol. The van der Waals surface area contributed by atoms with Crippen molar-refractivity contribution in [3.05, 3.63) is 17.8 Å². The molecule has 1 aromatic heterocycles. The molecule has 1 saturated heterocycles. The Balaban J connectivity index is 2.25. The molecule has 2 rings (SSSR count). The Hall–Kier alpha value is -1.58. The first-order valence-electron chi connectivity index (χ1n) is 5.70. The molecule has 1 aliphatic heterocycles. The number of aromatic hydroxyl groups is 1. The van der Waals surface area contributed by atoms with Gasteiger partial charge in [-0.3, -0.25) is 9.69 Å². The van der Waals surface area contributed by atoms with E-state index in [-0.39, 0.29) is 11.7 Å². The van der Waals surface area contributed by atoms with Gasteiger partial charge in [0.25, 0.3) is 0 Å². The molecular formula is C12H16N2O2. The normalized spacial score (nSPS) is 15.8. The van der Waals surface area contributed by atoms with Gasteiger partial charge < -0.3 is 5.11 Å². The van der Waals surface area contributed by atoms with E-state index in [1.807, 2.05) is 0 Å². The molecule has 4 nitrogen and oxygen atoms in total. The van der Waals surface area contributed by atoms with Crippen LogP contribution in [-0.2, 0) is 11.2 Å². The summed E-state index contributed by atoms with van der Waals surface area (Å²) < 4.78 is 0. The minimum atomic E-state index is 0.0473. The Morgan fingerprint density at radius 2 is 2.38 bits per heavy atom. The van der Waals surface area contributed by atoms with Crippen molar-refractivity contribution in [3.63, 3.8) is 0 Å². The van der Waals surface area contributed by atoms with Crippen LogP contribution in [0.25, 0.3) is 0 Å². The van der Waals surface area contributed by atoms with E-state index in [0.29, 0.717) is 18.8 Å². The van der Waals surface area contributed by atoms with E-state index in [1.165, 1.54) is 0 Å². The molecule has 0 atom stereocenters. The molecule has 2 heterocycles. The van der Waals surface area contributed by atoms with Crippen LogP contribution in [0.15, 0.2) is 12.3 Å². The summed E-state index contributed by atoms with van der Waals surface area (Å²) in [7, 11) is 0. The van der Waals surface area contributed by atoms with E-state index >= 15 is 0 Å². The fourth-order valence-electron chi connectivity index (χ4n) is 1.99. The van der Waals surface area contributed by atoms with Gasteiger partial charge >= 0.3 is 0 Å². The van der Waals surface area contributed by atoms with E-state index in [0.717, 1.165) is 24.8 Å². The fraction of sp³-hybridized carbons (Fsp3) is 0.500. The number of aryl methyl sites for hydroxylation is 1. The molecule has 16 heavy (non-hydrogen) atoms. The van der Waals surface area contributed by atoms with Gasteiger partial charge in [0, 0.05) is 19.2 Å². The monoisotopic (exact) mass is 220 g/mol. The average Bonchev–Trinajstić information content (AvgIpc) is 2.65. The summed E-state index contributed by atoms with van der Waals surface area (Å²) in [6, 6.07) is 1.71. The maximum absolute atomic E-state index is 11.5. The Morgan fingerprint density at radius 1 is 1.56 bits per heavy atom. The number of hydrogen-bond acceptors (Lipinski definition) is 3. The molecule has 1 fully saturated rings. The maximum atomic E-state index is 11.5. The summed E-state index contributed by atoms with van der Waals surface area (Å²) in [6.45, 7) is 2.74. The van der Waals surface area contributed by atoms with Gasteiger partial charge in [0.15, 0.2) is 11.6 Å². The second kappa shape index (κ2) is 4.51. The van der Waals surface area contributed by atoms with Gasteiger partial charge in [-0.05, 0) is 24.5 Å². The number of pyridine rings is 1. The number of nitrogens with zero attached hydrogens (tertiary/aromatic N) is 2. The van der Waals surface area contributed by atoms with E-state index in [9.17, 15) is 9.90 Å². The van der Waals surface area contributed by atoms with E-state index in [4.69, 9.17) is 0 Å². The molecule has 4 heteroatoms. The first-order chi connectivity index (χ1) is 7.72. The predicted octanol–water partition coefficient (Wildman–Crippen LogP) is 1.87. The lowest BCUT2D eigenvalue weighted by molar-refractivity contribution is -0.117. The molecule has 1 amide bonds. The van der Waals surface area contributed by atoms with Crippen molar-refractivity contribution in [2.75, 3.05) is 11.4 Å². The van der Waals surface area contributed by atoms with Crippen molar-refractivity contribution in [1.29, 1.82) is 0 Å². The molecule has 0 aliphatic carbocycles. The molecule has 1 aliphatic rings. The summed E-state index contributed by atoms with van der Waals surface area (Å²) in [5.74, 6) is 0.564. The van der Waals surface area contributed by atoms with E-state index in [1.54, 1.807) is 17.2 Å². The van der Waals surface area contributed by atoms with Gasteiger partial charge in [0.1, 0.15) is 0 Å². The van der Waals surface area contributed by atoms with Crippen molar-refractivity contribution in [2.24, 2.45) is 0 Å². The van der Waals surface area contributed by atoms with Crippen LogP contribution >= 0.6 is 0 Å². The summed E-state index contributed by atoms with van der Waals surface area (Å²) in [5, 5.41) is 9.84. The highest BCUT2D eigenvalue weighted by Crippen LogP contribution is 2.28. The average molecular weight is 220 g/mol. The summed E-state index contributed by atoms with van der Waals surface area (Å²) >= 11 is 0. The minimum Gasteiger partial charge on any atom is -0.504 e. The molecule has 0 unspecified atom stereocenters. The number of carbonyl (C=O) groups excluding carboxylic acids is 1. The van der Waals surface area contributed by atoms with Crippen LogP contribution in [0.3, 0.4) is 0 Å². The SMILES string of the molecule is CCCc1cnc(N2CCCC2=O)c(O)c1. The number of anilines is 1. The van der Waals surface area contributed by atoms with Crippen LogP contribution in [0.4, 0.5) is 5.82 Å². The highest BCUT2D eigenvalue weighted by atomic mass is 16.3. The third-order valence-electron chi connectivity index (χ3n) is 2.77. The number of carbonyl (C=O) groups is 1. The van der Waals surface area contributed by atoms with E-state index in [2.05, 4.69) is 11.9 Å². The van der Waals surface area contributed by atoms with Crippen LogP contribution in [-0.4, -0.2) is 22.5 Å². The second-order valence-corrected chi connectivity index (χ2v) is 4.09. The first-order valence-corrected chi connectivity index (χ1v) is 5.70. The Morgan fingerprint density at radius 3 is 2.94 bits per heavy atom. The lowest BCUT2D eigenvalue weighted by Crippen LogP contribution is -2.24. The van der Waals surface area contributed by atoms with Gasteiger partial charge in [0.2, 0.25) is 5.91 Å². The topological polar surface area (TPSA) is 53.4 Å². The van der Waals surface area contributed by atoms with Crippen LogP contribution in [0.5, 0.6) is 5.75 Å². The van der Waals surface area contributed by atoms with Crippen LogP contribution < -0.4 is 4.90 Å². The third-order valence-corrected chi connectivity index (χ3v) is 2.77. The van der Waals surface area contributed by atoms with Gasteiger partial charge in [-0.2, -0.15) is 0 Å². The van der Waals surface area contributed by atoms with E-state index < -0.39 is 0 Å². The maximum Gasteiger partial charge on any atom is 0.228 e. The minimum absolute atomic E-state index is 0.0473. The molecule has 0 aromatic carbocycles. The molecule has 1 aromatic rings. The third kappa shape index (κ3) is 2.01. The molecule has 0 saturated carbocycles. The summed E-state index contributed by atoms with van der Waals surface area (Å²) in [4.78, 5) is 17.3. The van der Waals surface area contributed by atoms with Gasteiger partial charge in [-0.1, -0.05) is 13.3 Å². The molecule has 86 valence electrons. The number of amides is 1. The Labute approximate surface area is 94.9 Å². The first kappa shape index (κ1) is 10.9. The highest BCUT2D eigenvalue weighted by Gasteiger charge is 2.25. The van der Waals surface area contributed by atoms with Crippen molar-refractivity contribution < 1.29 is 9.90 Å². The second-order valence-electron chi connectivity index (χ2n) is 4.09. The van der Waals surface area contributed by atoms with Gasteiger partial charge in [-0.25, -0.2) is 4.98 Å². The highest BCUT2D eigenvalue weighted by molar-refractivity contribution is 5.95. The largest absolute Gasteiger partial charge is 0.504 e. The lowest BCUT2D eigenvalue weighted by Gasteiger charge is -2.16. The van der Waals surface area contributed by atoms with Crippen molar-refractivity contribution in [1.82, 2.24) is 4.98 Å². The summed E-state index contributed by atoms with van der Waals surface area (Å²) in [6.07, 6.45) is 5.05. The predicted molar refractivity (Wildman–Crippen MR) is 61.5 cm³/mol. The Bertz CT molecular complexity index is 404. The van der Waals surface area contributed by atoms with Crippen LogP contribution in [0, 0.1) is 0 Å². The quantitative estimate of drug-likeness (QED) is 0.846. The molecule has 0 radical (unpaired) electrons. The number of rotatable bonds is 3. The number of hydrogen-bond donors (Lipinski definition) is 1. The molecule has 1 N–H and O–H groups in total. The van der Waals surface area contributed by atoms with Gasteiger partial charge in [-0.15, -0.1) is 0 Å². The number of aromatic nitrogens is 1. The molecule has 0 bridgehead atoms. The standard InChI is InChI=1S/C12H16N2O2/c1-2-4-9-7-10(15)12(13-8-9)14-6-3-5-11(14)16/h7-8,15H,2-6H2,1H3. The van der Waals surface area contributed by atoms with Crippen molar-refractivity contribution >= 4 is 11.7 Å².